The second-order valence-corrected chi connectivity index (χ2v) is 8.49. The van der Waals surface area contributed by atoms with Gasteiger partial charge in [-0.25, -0.2) is 18.1 Å². The van der Waals surface area contributed by atoms with Gasteiger partial charge >= 0.3 is 0 Å². The van der Waals surface area contributed by atoms with E-state index in [9.17, 15) is 13.2 Å². The molecule has 1 amide bonds. The molecule has 1 aromatic heterocycles. The van der Waals surface area contributed by atoms with Crippen LogP contribution >= 0.6 is 11.3 Å². The molecule has 130 valence electrons. The maximum Gasteiger partial charge on any atom is 0.275 e. The van der Waals surface area contributed by atoms with E-state index in [0.717, 1.165) is 16.9 Å². The SMILES string of the molecule is CCC(Oc1cccc(C)c1)C(=O)NS(=O)(=O)c1sc(C)nc1C. The van der Waals surface area contributed by atoms with E-state index in [1.54, 1.807) is 32.9 Å². The average molecular weight is 368 g/mol. The van der Waals surface area contributed by atoms with Crippen molar-refractivity contribution < 1.29 is 17.9 Å². The summed E-state index contributed by atoms with van der Waals surface area (Å²) < 4.78 is 32.6. The van der Waals surface area contributed by atoms with E-state index >= 15 is 0 Å². The van der Waals surface area contributed by atoms with E-state index in [0.29, 0.717) is 22.9 Å². The van der Waals surface area contributed by atoms with E-state index in [2.05, 4.69) is 9.71 Å². The summed E-state index contributed by atoms with van der Waals surface area (Å²) >= 11 is 1.03. The molecule has 1 atom stereocenters. The lowest BCUT2D eigenvalue weighted by Crippen LogP contribution is -2.41. The number of hydrogen-bond donors (Lipinski definition) is 1. The maximum atomic E-state index is 12.4. The molecular weight excluding hydrogens is 348 g/mol. The van der Waals surface area contributed by atoms with Crippen LogP contribution < -0.4 is 9.46 Å². The molecule has 6 nitrogen and oxygen atoms in total. The highest BCUT2D eigenvalue weighted by Crippen LogP contribution is 2.23. The standard InChI is InChI=1S/C16H20N2O4S2/c1-5-14(22-13-8-6-7-10(2)9-13)15(19)18-24(20,21)16-11(3)17-12(4)23-16/h6-9,14H,5H2,1-4H3,(H,18,19). The first kappa shape index (κ1) is 18.4. The summed E-state index contributed by atoms with van der Waals surface area (Å²) in [6.07, 6.45) is -0.549. The number of carbonyl (C=O) groups is 1. The van der Waals surface area contributed by atoms with Crippen LogP contribution in [0.2, 0.25) is 0 Å². The Labute approximate surface area is 145 Å². The lowest BCUT2D eigenvalue weighted by molar-refractivity contribution is -0.126. The lowest BCUT2D eigenvalue weighted by Gasteiger charge is -2.17. The van der Waals surface area contributed by atoms with Crippen LogP contribution in [0.1, 0.15) is 29.6 Å². The number of hydrogen-bond acceptors (Lipinski definition) is 6. The molecule has 0 saturated heterocycles. The number of benzene rings is 1. The van der Waals surface area contributed by atoms with E-state index in [4.69, 9.17) is 4.74 Å². The summed E-state index contributed by atoms with van der Waals surface area (Å²) in [6, 6.07) is 7.25. The molecule has 0 spiro atoms. The molecule has 1 aromatic carbocycles. The van der Waals surface area contributed by atoms with Crippen molar-refractivity contribution in [3.63, 3.8) is 0 Å². The highest BCUT2D eigenvalue weighted by molar-refractivity contribution is 7.92. The van der Waals surface area contributed by atoms with Gasteiger partial charge in [0, 0.05) is 0 Å². The van der Waals surface area contributed by atoms with Gasteiger partial charge in [-0.3, -0.25) is 4.79 Å². The van der Waals surface area contributed by atoms with Crippen LogP contribution in [0, 0.1) is 20.8 Å². The molecule has 1 unspecified atom stereocenters. The number of nitrogens with zero attached hydrogens (tertiary/aromatic N) is 1. The molecule has 2 rings (SSSR count). The summed E-state index contributed by atoms with van der Waals surface area (Å²) in [4.78, 5) is 16.4. The van der Waals surface area contributed by atoms with Crippen molar-refractivity contribution in [1.82, 2.24) is 9.71 Å². The van der Waals surface area contributed by atoms with E-state index in [-0.39, 0.29) is 4.21 Å². The monoisotopic (exact) mass is 368 g/mol. The number of aromatic nitrogens is 1. The predicted octanol–water partition coefficient (Wildman–Crippen LogP) is 2.73. The normalized spacial score (nSPS) is 12.7. The van der Waals surface area contributed by atoms with Gasteiger partial charge in [0.05, 0.1) is 10.7 Å². The Balaban J connectivity index is 2.15. The first-order chi connectivity index (χ1) is 11.2. The molecule has 0 saturated carbocycles. The van der Waals surface area contributed by atoms with Crippen molar-refractivity contribution >= 4 is 27.3 Å². The summed E-state index contributed by atoms with van der Waals surface area (Å²) in [5.74, 6) is -0.163. The Kier molecular flexibility index (Phi) is 5.61. The van der Waals surface area contributed by atoms with Gasteiger partial charge < -0.3 is 4.74 Å². The van der Waals surface area contributed by atoms with Gasteiger partial charge in [-0.15, -0.1) is 11.3 Å². The Hall–Kier alpha value is -1.93. The van der Waals surface area contributed by atoms with E-state index in [1.165, 1.54) is 0 Å². The average Bonchev–Trinajstić information content (AvgIpc) is 2.84. The topological polar surface area (TPSA) is 85.4 Å². The van der Waals surface area contributed by atoms with Crippen molar-refractivity contribution in [3.05, 3.63) is 40.5 Å². The number of nitrogens with one attached hydrogen (secondary N) is 1. The van der Waals surface area contributed by atoms with E-state index in [1.807, 2.05) is 19.1 Å². The lowest BCUT2D eigenvalue weighted by atomic mass is 10.2. The fraction of sp³-hybridized carbons (Fsp3) is 0.375. The Bertz CT molecular complexity index is 844. The van der Waals surface area contributed by atoms with Crippen molar-refractivity contribution in [1.29, 1.82) is 0 Å². The number of amides is 1. The molecule has 1 heterocycles. The van der Waals surface area contributed by atoms with Gasteiger partial charge in [-0.1, -0.05) is 19.1 Å². The number of carbonyl (C=O) groups excluding carboxylic acids is 1. The van der Waals surface area contributed by atoms with Crippen molar-refractivity contribution in [2.45, 2.75) is 44.4 Å². The van der Waals surface area contributed by atoms with Gasteiger partial charge in [0.25, 0.3) is 15.9 Å². The summed E-state index contributed by atoms with van der Waals surface area (Å²) in [5.41, 5.74) is 1.37. The Morgan fingerprint density at radius 2 is 2.04 bits per heavy atom. The predicted molar refractivity (Wildman–Crippen MR) is 92.8 cm³/mol. The molecule has 2 aromatic rings. The van der Waals surface area contributed by atoms with Crippen LogP contribution in [-0.4, -0.2) is 25.4 Å². The molecule has 0 radical (unpaired) electrons. The van der Waals surface area contributed by atoms with Crippen LogP contribution in [0.15, 0.2) is 28.5 Å². The smallest absolute Gasteiger partial charge is 0.275 e. The minimum atomic E-state index is -3.95. The molecule has 0 aliphatic heterocycles. The molecule has 24 heavy (non-hydrogen) atoms. The highest BCUT2D eigenvalue weighted by atomic mass is 32.2. The van der Waals surface area contributed by atoms with Gasteiger partial charge in [0.2, 0.25) is 0 Å². The first-order valence-corrected chi connectivity index (χ1v) is 9.77. The van der Waals surface area contributed by atoms with Crippen LogP contribution in [0.4, 0.5) is 0 Å². The van der Waals surface area contributed by atoms with Crippen molar-refractivity contribution in [3.8, 4) is 5.75 Å². The zero-order chi connectivity index (χ0) is 17.9. The second-order valence-electron chi connectivity index (χ2n) is 5.41. The maximum absolute atomic E-state index is 12.4. The summed E-state index contributed by atoms with van der Waals surface area (Å²) in [6.45, 7) is 6.99. The first-order valence-electron chi connectivity index (χ1n) is 7.47. The Morgan fingerprint density at radius 1 is 1.33 bits per heavy atom. The minimum absolute atomic E-state index is 0.0544. The number of sulfonamides is 1. The van der Waals surface area contributed by atoms with Gasteiger partial charge in [-0.05, 0) is 44.9 Å². The minimum Gasteiger partial charge on any atom is -0.481 e. The fourth-order valence-electron chi connectivity index (χ4n) is 2.18. The molecule has 0 aliphatic rings. The number of thiazole rings is 1. The zero-order valence-corrected chi connectivity index (χ0v) is 15.6. The number of aryl methyl sites for hydroxylation is 3. The number of ether oxygens (including phenoxy) is 1. The molecule has 0 bridgehead atoms. The van der Waals surface area contributed by atoms with Gasteiger partial charge in [-0.2, -0.15) is 0 Å². The summed E-state index contributed by atoms with van der Waals surface area (Å²) in [7, 11) is -3.95. The largest absolute Gasteiger partial charge is 0.481 e. The third kappa shape index (κ3) is 4.33. The van der Waals surface area contributed by atoms with Crippen LogP contribution in [0.5, 0.6) is 5.75 Å². The molecule has 0 fully saturated rings. The molecule has 0 aliphatic carbocycles. The van der Waals surface area contributed by atoms with Crippen LogP contribution in [0.25, 0.3) is 0 Å². The third-order valence-electron chi connectivity index (χ3n) is 3.27. The highest BCUT2D eigenvalue weighted by Gasteiger charge is 2.28. The van der Waals surface area contributed by atoms with Crippen LogP contribution in [0.3, 0.4) is 0 Å². The Morgan fingerprint density at radius 3 is 2.58 bits per heavy atom. The van der Waals surface area contributed by atoms with Crippen molar-refractivity contribution in [2.24, 2.45) is 0 Å². The summed E-state index contributed by atoms with van der Waals surface area (Å²) in [5, 5.41) is 0.628. The second kappa shape index (κ2) is 7.31. The zero-order valence-electron chi connectivity index (χ0n) is 14.0. The molecule has 1 N–H and O–H groups in total. The third-order valence-corrected chi connectivity index (χ3v) is 6.30. The molecular formula is C16H20N2O4S2. The van der Waals surface area contributed by atoms with E-state index < -0.39 is 22.0 Å². The molecule has 8 heteroatoms. The quantitative estimate of drug-likeness (QED) is 0.847. The fourth-order valence-corrected chi connectivity index (χ4v) is 4.68. The van der Waals surface area contributed by atoms with Crippen molar-refractivity contribution in [2.75, 3.05) is 0 Å². The van der Waals surface area contributed by atoms with Gasteiger partial charge in [0.15, 0.2) is 10.3 Å². The van der Waals surface area contributed by atoms with Crippen LogP contribution in [-0.2, 0) is 14.8 Å². The van der Waals surface area contributed by atoms with Gasteiger partial charge in [0.1, 0.15) is 5.75 Å². The number of rotatable bonds is 6.